The monoisotopic (exact) mass is 1400 g/mol. The van der Waals surface area contributed by atoms with Gasteiger partial charge in [0.15, 0.2) is 0 Å². The molecule has 0 aliphatic heterocycles. The van der Waals surface area contributed by atoms with Crippen molar-refractivity contribution in [2.24, 2.45) is 21.9 Å². The number of carbonyl (C=O) groups is 7. The molecule has 2 aromatic carbocycles. The van der Waals surface area contributed by atoms with Gasteiger partial charge in [0.1, 0.15) is 6.04 Å². The third-order valence-corrected chi connectivity index (χ3v) is 13.5. The number of benzene rings is 2. The molecule has 0 saturated heterocycles. The number of carboxylic acid groups (broad SMARTS) is 2. The number of aliphatic carboxylic acids is 2. The molecule has 0 heterocycles. The zero-order valence-electron chi connectivity index (χ0n) is 56.2. The molecule has 31 nitrogen and oxygen atoms in total. The second-order valence-corrected chi connectivity index (χ2v) is 21.6. The number of alkyl halides is 1. The first-order valence-corrected chi connectivity index (χ1v) is 33.8. The van der Waals surface area contributed by atoms with Gasteiger partial charge in [0, 0.05) is 62.6 Å². The molecule has 0 saturated carbocycles. The molecule has 97 heavy (non-hydrogen) atoms. The summed E-state index contributed by atoms with van der Waals surface area (Å²) < 4.78 is 77.0. The molecule has 0 aliphatic rings. The number of nitrogens with two attached hydrogens (primary N) is 1. The SMILES string of the molecule is N[C@@H](C[C@H](CCCC(=O)Nc1ccc(/N=N/c2ccc(NC(=O)CNC(=O)CCOCCOCCOCCOCCOCCOCCOCCOCCOCCOCCOCCOCCNC(=O)CCCC(=O)NCCOCCOCCCCCCCl)cc2)cc1)C(=O)O)C(=O)O. The van der Waals surface area contributed by atoms with Gasteiger partial charge in [-0.2, -0.15) is 10.2 Å². The number of rotatable bonds is 69. The highest BCUT2D eigenvalue weighted by molar-refractivity contribution is 6.17. The molecule has 5 amide bonds. The van der Waals surface area contributed by atoms with Crippen LogP contribution in [0.3, 0.4) is 0 Å². The van der Waals surface area contributed by atoms with Gasteiger partial charge in [-0.3, -0.25) is 33.6 Å². The first kappa shape index (κ1) is 87.1. The van der Waals surface area contributed by atoms with Crippen molar-refractivity contribution in [3.05, 3.63) is 48.5 Å². The van der Waals surface area contributed by atoms with Crippen LogP contribution in [0.5, 0.6) is 0 Å². The average molecular weight is 1400 g/mol. The van der Waals surface area contributed by atoms with E-state index in [0.29, 0.717) is 213 Å². The minimum absolute atomic E-state index is 0.0410. The maximum absolute atomic E-state index is 12.4. The summed E-state index contributed by atoms with van der Waals surface area (Å²) in [6, 6.07) is 11.9. The fourth-order valence-electron chi connectivity index (χ4n) is 8.06. The Bertz CT molecular complexity index is 2360. The highest BCUT2D eigenvalue weighted by Crippen LogP contribution is 2.23. The van der Waals surface area contributed by atoms with Gasteiger partial charge >= 0.3 is 11.9 Å². The molecule has 0 fully saturated rings. The van der Waals surface area contributed by atoms with Crippen LogP contribution >= 0.6 is 11.6 Å². The number of anilines is 2. The minimum atomic E-state index is -1.29. The molecule has 0 aromatic heterocycles. The number of halogens is 1. The number of carbonyl (C=O) groups excluding carboxylic acids is 5. The van der Waals surface area contributed by atoms with Crippen molar-refractivity contribution < 1.29 is 110 Å². The van der Waals surface area contributed by atoms with Gasteiger partial charge in [-0.1, -0.05) is 12.8 Å². The molecule has 552 valence electrons. The Hall–Kier alpha value is -5.98. The van der Waals surface area contributed by atoms with Crippen molar-refractivity contribution in [3.8, 4) is 0 Å². The van der Waals surface area contributed by atoms with E-state index in [1.54, 1.807) is 48.5 Å². The lowest BCUT2D eigenvalue weighted by Gasteiger charge is -2.14. The summed E-state index contributed by atoms with van der Waals surface area (Å²) >= 11 is 5.67. The van der Waals surface area contributed by atoms with Crippen LogP contribution < -0.4 is 32.3 Å². The van der Waals surface area contributed by atoms with E-state index in [-0.39, 0.29) is 88.3 Å². The van der Waals surface area contributed by atoms with Gasteiger partial charge in [0.05, 0.1) is 202 Å². The zero-order chi connectivity index (χ0) is 70.1. The largest absolute Gasteiger partial charge is 0.481 e. The molecule has 32 heteroatoms. The Morgan fingerprint density at radius 1 is 0.361 bits per heavy atom. The maximum Gasteiger partial charge on any atom is 0.320 e. The standard InChI is InChI=1S/C65H107ClN8O23/c66-20-3-1-2-4-23-84-27-29-86-25-21-68-59(75)8-6-9-60(76)69-22-26-87-30-32-89-34-36-91-38-40-93-42-44-95-46-48-97-50-49-96-47-45-94-43-41-92-39-37-90-35-33-88-31-28-85-24-19-61(77)70-52-63(79)72-55-13-17-57(18-14-55)74-73-56-15-11-54(12-16-56)71-62(78)10-5-7-53(64(80)81)51-58(67)65(82)83/h11-18,53,58H,1-10,19-52,67H2,(H,68,75)(H,69,76)(H,70,77)(H,71,78)(H,72,79)(H,80,81)(H,82,83)/b74-73+/t53-,58-/m0/s1. The number of hydrogen-bond acceptors (Lipinski definition) is 24. The molecular weight excluding hydrogens is 1300 g/mol. The first-order valence-electron chi connectivity index (χ1n) is 33.2. The molecule has 0 radical (unpaired) electrons. The highest BCUT2D eigenvalue weighted by Gasteiger charge is 2.24. The van der Waals surface area contributed by atoms with Gasteiger partial charge in [0.2, 0.25) is 29.5 Å². The van der Waals surface area contributed by atoms with Gasteiger partial charge in [0.25, 0.3) is 0 Å². The molecule has 0 aliphatic carbocycles. The van der Waals surface area contributed by atoms with Crippen molar-refractivity contribution in [2.45, 2.75) is 83.1 Å². The lowest BCUT2D eigenvalue weighted by Crippen LogP contribution is -2.34. The van der Waals surface area contributed by atoms with Crippen LogP contribution in [0.4, 0.5) is 22.7 Å². The molecule has 2 atom stereocenters. The van der Waals surface area contributed by atoms with Crippen LogP contribution in [0.1, 0.15) is 77.0 Å². The van der Waals surface area contributed by atoms with Crippen LogP contribution in [0.2, 0.25) is 0 Å². The van der Waals surface area contributed by atoms with Gasteiger partial charge in [-0.05, 0) is 87.1 Å². The molecule has 0 spiro atoms. The lowest BCUT2D eigenvalue weighted by atomic mass is 9.94. The Morgan fingerprint density at radius 2 is 0.691 bits per heavy atom. The lowest BCUT2D eigenvalue weighted by molar-refractivity contribution is -0.144. The maximum atomic E-state index is 12.4. The topological polar surface area (TPSA) is 400 Å². The third-order valence-electron chi connectivity index (χ3n) is 13.2. The molecule has 0 bridgehead atoms. The second kappa shape index (κ2) is 63.5. The van der Waals surface area contributed by atoms with E-state index < -0.39 is 29.8 Å². The van der Waals surface area contributed by atoms with Crippen LogP contribution in [-0.4, -0.2) is 268 Å². The Balaban J connectivity index is 1.24. The highest BCUT2D eigenvalue weighted by atomic mass is 35.5. The summed E-state index contributed by atoms with van der Waals surface area (Å²) in [5.41, 5.74) is 7.48. The Morgan fingerprint density at radius 3 is 1.06 bits per heavy atom. The fraction of sp³-hybridized carbons (Fsp3) is 0.708. The van der Waals surface area contributed by atoms with Crippen LogP contribution in [0.25, 0.3) is 0 Å². The summed E-state index contributed by atoms with van der Waals surface area (Å²) in [4.78, 5) is 83.4. The van der Waals surface area contributed by atoms with Gasteiger partial charge in [-0.25, -0.2) is 0 Å². The van der Waals surface area contributed by atoms with Gasteiger partial charge in [-0.15, -0.1) is 11.6 Å². The summed E-state index contributed by atoms with van der Waals surface area (Å²) in [6.07, 6.45) is 5.54. The van der Waals surface area contributed by atoms with E-state index in [2.05, 4.69) is 36.8 Å². The number of unbranched alkanes of at least 4 members (excludes halogenated alkanes) is 3. The van der Waals surface area contributed by atoms with E-state index >= 15 is 0 Å². The molecular formula is C65H107ClN8O23. The van der Waals surface area contributed by atoms with Crippen LogP contribution in [0, 0.1) is 5.92 Å². The van der Waals surface area contributed by atoms with E-state index in [1.165, 1.54) is 0 Å². The van der Waals surface area contributed by atoms with E-state index in [0.717, 1.165) is 32.3 Å². The molecule has 2 aromatic rings. The smallest absolute Gasteiger partial charge is 0.320 e. The van der Waals surface area contributed by atoms with E-state index in [9.17, 15) is 38.7 Å². The minimum Gasteiger partial charge on any atom is -0.481 e. The summed E-state index contributed by atoms with van der Waals surface area (Å²) in [6.45, 7) is 12.4. The first-order chi connectivity index (χ1) is 47.4. The number of nitrogens with zero attached hydrogens (tertiary/aromatic N) is 2. The average Bonchev–Trinajstić information content (AvgIpc) is 1.20. The number of carboxylic acids is 2. The van der Waals surface area contributed by atoms with E-state index in [1.807, 2.05) is 0 Å². The second-order valence-electron chi connectivity index (χ2n) is 21.3. The summed E-state index contributed by atoms with van der Waals surface area (Å²) in [7, 11) is 0. The predicted molar refractivity (Wildman–Crippen MR) is 358 cm³/mol. The fourth-order valence-corrected chi connectivity index (χ4v) is 8.25. The van der Waals surface area contributed by atoms with Crippen molar-refractivity contribution in [1.82, 2.24) is 16.0 Å². The summed E-state index contributed by atoms with van der Waals surface area (Å²) in [5, 5.41) is 40.2. The number of nitrogens with one attached hydrogen (secondary N) is 5. The predicted octanol–water partition coefficient (Wildman–Crippen LogP) is 4.59. The molecule has 2 rings (SSSR count). The van der Waals surface area contributed by atoms with Crippen LogP contribution in [-0.2, 0) is 99.9 Å². The Kier molecular flexibility index (Phi) is 57.0. The third kappa shape index (κ3) is 55.6. The van der Waals surface area contributed by atoms with Gasteiger partial charge < -0.3 is 109 Å². The Labute approximate surface area is 574 Å². The van der Waals surface area contributed by atoms with E-state index in [4.69, 9.17) is 88.8 Å². The van der Waals surface area contributed by atoms with Crippen LogP contribution in [0.15, 0.2) is 58.8 Å². The molecule has 0 unspecified atom stereocenters. The molecule has 9 N–H and O–H groups in total. The number of azo groups is 1. The normalized spacial score (nSPS) is 12.0. The quantitative estimate of drug-likeness (QED) is 0.0255. The van der Waals surface area contributed by atoms with Crippen molar-refractivity contribution >= 4 is 75.8 Å². The van der Waals surface area contributed by atoms with Crippen molar-refractivity contribution in [3.63, 3.8) is 0 Å². The number of amides is 5. The summed E-state index contributed by atoms with van der Waals surface area (Å²) in [5.74, 6) is -4.03. The number of hydrogen-bond donors (Lipinski definition) is 8. The zero-order valence-corrected chi connectivity index (χ0v) is 57.0. The van der Waals surface area contributed by atoms with Crippen molar-refractivity contribution in [2.75, 3.05) is 221 Å². The van der Waals surface area contributed by atoms with Crippen molar-refractivity contribution in [1.29, 1.82) is 0 Å². The number of ether oxygens (including phenoxy) is 14.